The molecule has 1 saturated heterocycles. The second kappa shape index (κ2) is 5.63. The SMILES string of the molecule is CC(C)c1ccc(CC2CCCNC2)cc1F. The maximum absolute atomic E-state index is 13.8. The van der Waals surface area contributed by atoms with Crippen molar-refractivity contribution in [1.29, 1.82) is 0 Å². The first-order chi connectivity index (χ1) is 8.16. The molecule has 94 valence electrons. The zero-order valence-corrected chi connectivity index (χ0v) is 10.8. The summed E-state index contributed by atoms with van der Waals surface area (Å²) in [5.74, 6) is 0.898. The third-order valence-electron chi connectivity index (χ3n) is 3.61. The van der Waals surface area contributed by atoms with Crippen LogP contribution in [-0.2, 0) is 6.42 Å². The second-order valence-corrected chi connectivity index (χ2v) is 5.43. The van der Waals surface area contributed by atoms with Crippen molar-refractivity contribution in [3.63, 3.8) is 0 Å². The second-order valence-electron chi connectivity index (χ2n) is 5.43. The van der Waals surface area contributed by atoms with Gasteiger partial charge >= 0.3 is 0 Å². The molecule has 1 atom stereocenters. The van der Waals surface area contributed by atoms with Crippen LogP contribution in [0.2, 0.25) is 0 Å². The zero-order chi connectivity index (χ0) is 12.3. The molecule has 0 saturated carbocycles. The molecule has 0 aliphatic carbocycles. The van der Waals surface area contributed by atoms with Crippen LogP contribution in [0.1, 0.15) is 43.7 Å². The zero-order valence-electron chi connectivity index (χ0n) is 10.8. The summed E-state index contributed by atoms with van der Waals surface area (Å²) in [6, 6.07) is 5.77. The van der Waals surface area contributed by atoms with Gasteiger partial charge in [0.1, 0.15) is 5.82 Å². The van der Waals surface area contributed by atoms with Crippen LogP contribution in [-0.4, -0.2) is 13.1 Å². The van der Waals surface area contributed by atoms with Crippen LogP contribution in [0.4, 0.5) is 4.39 Å². The standard InChI is InChI=1S/C15H22FN/c1-11(2)14-6-5-12(9-15(14)16)8-13-4-3-7-17-10-13/h5-6,9,11,13,17H,3-4,7-8,10H2,1-2H3. The molecule has 1 aromatic carbocycles. The Morgan fingerprint density at radius 3 is 2.82 bits per heavy atom. The van der Waals surface area contributed by atoms with Crippen LogP contribution in [0.3, 0.4) is 0 Å². The van der Waals surface area contributed by atoms with E-state index in [9.17, 15) is 4.39 Å². The molecule has 1 aliphatic heterocycles. The van der Waals surface area contributed by atoms with Gasteiger partial charge in [-0.2, -0.15) is 0 Å². The summed E-state index contributed by atoms with van der Waals surface area (Å²) in [7, 11) is 0. The lowest BCUT2D eigenvalue weighted by molar-refractivity contribution is 0.375. The van der Waals surface area contributed by atoms with Crippen LogP contribution in [0.25, 0.3) is 0 Å². The molecule has 0 aromatic heterocycles. The van der Waals surface area contributed by atoms with Gasteiger partial charge < -0.3 is 5.32 Å². The van der Waals surface area contributed by atoms with E-state index in [0.29, 0.717) is 5.92 Å². The molecule has 0 bridgehead atoms. The van der Waals surface area contributed by atoms with Crippen molar-refractivity contribution >= 4 is 0 Å². The minimum atomic E-state index is -0.0405. The minimum absolute atomic E-state index is 0.0405. The fraction of sp³-hybridized carbons (Fsp3) is 0.600. The van der Waals surface area contributed by atoms with Crippen molar-refractivity contribution in [2.24, 2.45) is 5.92 Å². The first kappa shape index (κ1) is 12.6. The highest BCUT2D eigenvalue weighted by Crippen LogP contribution is 2.22. The number of hydrogen-bond donors (Lipinski definition) is 1. The normalized spacial score (nSPS) is 20.8. The molecule has 2 rings (SSSR count). The molecule has 1 unspecified atom stereocenters. The smallest absolute Gasteiger partial charge is 0.126 e. The fourth-order valence-electron chi connectivity index (χ4n) is 2.60. The Kier molecular flexibility index (Phi) is 4.16. The molecular weight excluding hydrogens is 213 g/mol. The predicted molar refractivity (Wildman–Crippen MR) is 69.8 cm³/mol. The number of benzene rings is 1. The van der Waals surface area contributed by atoms with Gasteiger partial charge in [0, 0.05) is 0 Å². The molecule has 17 heavy (non-hydrogen) atoms. The van der Waals surface area contributed by atoms with E-state index in [-0.39, 0.29) is 11.7 Å². The first-order valence-corrected chi connectivity index (χ1v) is 6.66. The van der Waals surface area contributed by atoms with E-state index >= 15 is 0 Å². The molecule has 1 heterocycles. The number of rotatable bonds is 3. The summed E-state index contributed by atoms with van der Waals surface area (Å²) in [4.78, 5) is 0. The van der Waals surface area contributed by atoms with Crippen molar-refractivity contribution < 1.29 is 4.39 Å². The van der Waals surface area contributed by atoms with Gasteiger partial charge in [0.2, 0.25) is 0 Å². The Bertz CT molecular complexity index is 367. The molecule has 1 N–H and O–H groups in total. The summed E-state index contributed by atoms with van der Waals surface area (Å²) in [6.07, 6.45) is 3.51. The molecule has 2 heteroatoms. The Hall–Kier alpha value is -0.890. The van der Waals surface area contributed by atoms with Crippen LogP contribution in [0, 0.1) is 11.7 Å². The van der Waals surface area contributed by atoms with Gasteiger partial charge in [-0.25, -0.2) is 4.39 Å². The molecule has 1 aromatic rings. The average molecular weight is 235 g/mol. The van der Waals surface area contributed by atoms with E-state index in [0.717, 1.165) is 30.6 Å². The van der Waals surface area contributed by atoms with E-state index in [4.69, 9.17) is 0 Å². The lowest BCUT2D eigenvalue weighted by atomic mass is 9.91. The fourth-order valence-corrected chi connectivity index (χ4v) is 2.60. The summed E-state index contributed by atoms with van der Waals surface area (Å²) in [5, 5.41) is 3.41. The predicted octanol–water partition coefficient (Wildman–Crippen LogP) is 3.49. The number of piperidine rings is 1. The van der Waals surface area contributed by atoms with Crippen LogP contribution >= 0.6 is 0 Å². The first-order valence-electron chi connectivity index (χ1n) is 6.66. The molecule has 0 radical (unpaired) electrons. The van der Waals surface area contributed by atoms with Crippen molar-refractivity contribution in [1.82, 2.24) is 5.32 Å². The van der Waals surface area contributed by atoms with Crippen molar-refractivity contribution in [3.8, 4) is 0 Å². The van der Waals surface area contributed by atoms with Gasteiger partial charge in [0.05, 0.1) is 0 Å². The Labute approximate surface area is 103 Å². The summed E-state index contributed by atoms with van der Waals surface area (Å²) in [5.41, 5.74) is 1.97. The monoisotopic (exact) mass is 235 g/mol. The highest BCUT2D eigenvalue weighted by molar-refractivity contribution is 5.27. The van der Waals surface area contributed by atoms with E-state index in [2.05, 4.69) is 11.4 Å². The summed E-state index contributed by atoms with van der Waals surface area (Å²) in [6.45, 7) is 6.27. The van der Waals surface area contributed by atoms with Crippen molar-refractivity contribution in [2.45, 2.75) is 39.0 Å². The van der Waals surface area contributed by atoms with Gasteiger partial charge in [-0.3, -0.25) is 0 Å². The van der Waals surface area contributed by atoms with Crippen molar-refractivity contribution in [3.05, 3.63) is 35.1 Å². The number of nitrogens with one attached hydrogen (secondary N) is 1. The third kappa shape index (κ3) is 3.29. The van der Waals surface area contributed by atoms with Gasteiger partial charge in [-0.05, 0) is 61.4 Å². The number of halogens is 1. The lowest BCUT2D eigenvalue weighted by Crippen LogP contribution is -2.30. The highest BCUT2D eigenvalue weighted by Gasteiger charge is 2.14. The molecule has 1 nitrogen and oxygen atoms in total. The molecule has 1 aliphatic rings. The van der Waals surface area contributed by atoms with E-state index in [1.807, 2.05) is 19.9 Å². The minimum Gasteiger partial charge on any atom is -0.316 e. The van der Waals surface area contributed by atoms with Gasteiger partial charge in [0.25, 0.3) is 0 Å². The summed E-state index contributed by atoms with van der Waals surface area (Å²) >= 11 is 0. The van der Waals surface area contributed by atoms with Crippen LogP contribution < -0.4 is 5.32 Å². The maximum Gasteiger partial charge on any atom is 0.126 e. The molecule has 0 amide bonds. The van der Waals surface area contributed by atoms with E-state index < -0.39 is 0 Å². The topological polar surface area (TPSA) is 12.0 Å². The van der Waals surface area contributed by atoms with E-state index in [1.165, 1.54) is 12.8 Å². The average Bonchev–Trinajstić information content (AvgIpc) is 2.30. The van der Waals surface area contributed by atoms with Crippen LogP contribution in [0.5, 0.6) is 0 Å². The van der Waals surface area contributed by atoms with E-state index in [1.54, 1.807) is 6.07 Å². The Morgan fingerprint density at radius 1 is 1.41 bits per heavy atom. The third-order valence-corrected chi connectivity index (χ3v) is 3.61. The van der Waals surface area contributed by atoms with Crippen molar-refractivity contribution in [2.75, 3.05) is 13.1 Å². The maximum atomic E-state index is 13.8. The Morgan fingerprint density at radius 2 is 2.24 bits per heavy atom. The summed E-state index contributed by atoms with van der Waals surface area (Å²) < 4.78 is 13.8. The van der Waals surface area contributed by atoms with Gasteiger partial charge in [-0.1, -0.05) is 26.0 Å². The Balaban J connectivity index is 2.04. The van der Waals surface area contributed by atoms with Gasteiger partial charge in [0.15, 0.2) is 0 Å². The van der Waals surface area contributed by atoms with Crippen LogP contribution in [0.15, 0.2) is 18.2 Å². The van der Waals surface area contributed by atoms with Gasteiger partial charge in [-0.15, -0.1) is 0 Å². The molecule has 0 spiro atoms. The lowest BCUT2D eigenvalue weighted by Gasteiger charge is -2.23. The molecule has 1 fully saturated rings. The largest absolute Gasteiger partial charge is 0.316 e. The quantitative estimate of drug-likeness (QED) is 0.845. The number of hydrogen-bond acceptors (Lipinski definition) is 1. The highest BCUT2D eigenvalue weighted by atomic mass is 19.1. The molecular formula is C15H22FN.